The van der Waals surface area contributed by atoms with Crippen LogP contribution in [0.4, 0.5) is 19.0 Å². The SMILES string of the molecule is CN(C)c1ccc2c(n1)n(C1CCN(CC(O)Cn3nc(-c4ccc(C(F)(F)F)c(SCCN5CCCCC5)c4)c4c3CCN(S(C)(=O)=O)C4)CC1)c(=O)n2C. The second-order valence-electron chi connectivity index (χ2n) is 15.6. The van der Waals surface area contributed by atoms with Crippen LogP contribution >= 0.6 is 11.8 Å². The number of anilines is 1. The highest BCUT2D eigenvalue weighted by Gasteiger charge is 2.35. The van der Waals surface area contributed by atoms with Gasteiger partial charge in [-0.1, -0.05) is 12.5 Å². The quantitative estimate of drug-likeness (QED) is 0.207. The largest absolute Gasteiger partial charge is 0.417 e. The van der Waals surface area contributed by atoms with Crippen molar-refractivity contribution in [2.24, 2.45) is 7.05 Å². The van der Waals surface area contributed by atoms with E-state index in [-0.39, 0.29) is 36.3 Å². The number of β-amino-alcohol motifs (C(OH)–C–C–N with tert-alkyl or cyclic N) is 1. The number of hydrogen-bond donors (Lipinski definition) is 1. The van der Waals surface area contributed by atoms with E-state index in [4.69, 9.17) is 10.1 Å². The Hall–Kier alpha value is -3.42. The number of aromatic nitrogens is 5. The van der Waals surface area contributed by atoms with Crippen molar-refractivity contribution < 1.29 is 26.7 Å². The molecule has 3 aliphatic heterocycles. The standard InChI is InChI=1S/C38H52F3N9O4S2/c1-44(2)34-11-10-32-36(42-34)50(37(52)45(32)3)27-12-17-47(18-13-27)23-28(51)24-49-31-14-19-48(56(4,53)54)25-29(31)35(43-49)26-8-9-30(38(39,40)41)33(22-26)55-21-20-46-15-6-5-7-16-46/h8-11,22,27-28,51H,5-7,12-21,23-25H2,1-4H3. The third-order valence-corrected chi connectivity index (χ3v) is 13.7. The van der Waals surface area contributed by atoms with Crippen LogP contribution in [-0.2, 0) is 42.8 Å². The summed E-state index contributed by atoms with van der Waals surface area (Å²) in [6.45, 7) is 4.72. The number of imidazole rings is 1. The summed E-state index contributed by atoms with van der Waals surface area (Å²) < 4.78 is 74.5. The molecule has 6 heterocycles. The van der Waals surface area contributed by atoms with Gasteiger partial charge >= 0.3 is 11.9 Å². The summed E-state index contributed by atoms with van der Waals surface area (Å²) >= 11 is 1.18. The lowest BCUT2D eigenvalue weighted by atomic mass is 10.0. The highest BCUT2D eigenvalue weighted by molar-refractivity contribution is 7.99. The average molecular weight is 820 g/mol. The minimum absolute atomic E-state index is 0.0421. The van der Waals surface area contributed by atoms with Crippen LogP contribution in [0.3, 0.4) is 0 Å². The number of benzene rings is 1. The van der Waals surface area contributed by atoms with Crippen molar-refractivity contribution in [3.63, 3.8) is 0 Å². The van der Waals surface area contributed by atoms with Crippen LogP contribution in [-0.4, -0.2) is 130 Å². The lowest BCUT2D eigenvalue weighted by molar-refractivity contribution is -0.139. The molecule has 0 aliphatic carbocycles. The summed E-state index contributed by atoms with van der Waals surface area (Å²) in [4.78, 5) is 24.6. The van der Waals surface area contributed by atoms with Gasteiger partial charge in [-0.25, -0.2) is 18.2 Å². The number of rotatable bonds is 12. The van der Waals surface area contributed by atoms with Gasteiger partial charge in [-0.05, 0) is 63.0 Å². The van der Waals surface area contributed by atoms with E-state index in [2.05, 4.69) is 9.80 Å². The molecule has 1 atom stereocenters. The monoisotopic (exact) mass is 819 g/mol. The summed E-state index contributed by atoms with van der Waals surface area (Å²) in [5.74, 6) is 1.28. The summed E-state index contributed by atoms with van der Waals surface area (Å²) in [5, 5.41) is 16.3. The first kappa shape index (κ1) is 40.8. The van der Waals surface area contributed by atoms with E-state index in [1.165, 1.54) is 34.6 Å². The molecule has 1 unspecified atom stereocenters. The summed E-state index contributed by atoms with van der Waals surface area (Å²) in [6, 6.07) is 7.83. The number of pyridine rings is 1. The predicted octanol–water partition coefficient (Wildman–Crippen LogP) is 4.28. The lowest BCUT2D eigenvalue weighted by Gasteiger charge is -2.33. The number of hydrogen-bond acceptors (Lipinski definition) is 10. The van der Waals surface area contributed by atoms with Crippen molar-refractivity contribution in [2.75, 3.05) is 76.8 Å². The van der Waals surface area contributed by atoms with Crippen LogP contribution < -0.4 is 10.6 Å². The Morgan fingerprint density at radius 2 is 1.73 bits per heavy atom. The minimum Gasteiger partial charge on any atom is -0.390 e. The topological polar surface area (TPSA) is 125 Å². The number of aliphatic hydroxyl groups excluding tert-OH is 1. The number of fused-ring (bicyclic) bond motifs is 2. The number of nitrogens with zero attached hydrogens (tertiary/aromatic N) is 9. The van der Waals surface area contributed by atoms with Crippen LogP contribution in [0.1, 0.15) is 55.0 Å². The zero-order valence-corrected chi connectivity index (χ0v) is 34.1. The lowest BCUT2D eigenvalue weighted by Crippen LogP contribution is -2.42. The molecule has 0 radical (unpaired) electrons. The molecular weight excluding hydrogens is 768 g/mol. The van der Waals surface area contributed by atoms with E-state index >= 15 is 0 Å². The number of aliphatic hydroxyl groups is 1. The van der Waals surface area contributed by atoms with Gasteiger partial charge in [0.05, 0.1) is 35.7 Å². The summed E-state index contributed by atoms with van der Waals surface area (Å²) in [5.41, 5.74) is 2.96. The number of piperidine rings is 2. The highest BCUT2D eigenvalue weighted by atomic mass is 32.2. The van der Waals surface area contributed by atoms with Crippen LogP contribution in [0, 0.1) is 0 Å². The van der Waals surface area contributed by atoms with E-state index in [0.717, 1.165) is 55.3 Å². The second-order valence-corrected chi connectivity index (χ2v) is 18.7. The molecule has 3 aromatic heterocycles. The van der Waals surface area contributed by atoms with Gasteiger partial charge < -0.3 is 19.8 Å². The molecule has 1 aromatic carbocycles. The number of likely N-dealkylation sites (tertiary alicyclic amines) is 2. The molecule has 56 heavy (non-hydrogen) atoms. The van der Waals surface area contributed by atoms with Crippen molar-refractivity contribution in [3.05, 3.63) is 57.6 Å². The molecule has 18 heteroatoms. The van der Waals surface area contributed by atoms with Crippen molar-refractivity contribution >= 4 is 38.8 Å². The maximum absolute atomic E-state index is 14.2. The molecule has 2 saturated heterocycles. The molecular formula is C38H52F3N9O4S2. The van der Waals surface area contributed by atoms with Gasteiger partial charge in [0.1, 0.15) is 5.82 Å². The van der Waals surface area contributed by atoms with Gasteiger partial charge in [0.2, 0.25) is 10.0 Å². The number of thioether (sulfide) groups is 1. The van der Waals surface area contributed by atoms with Crippen LogP contribution in [0.5, 0.6) is 0 Å². The maximum Gasteiger partial charge on any atom is 0.417 e. The predicted molar refractivity (Wildman–Crippen MR) is 213 cm³/mol. The summed E-state index contributed by atoms with van der Waals surface area (Å²) in [6.07, 6.45) is 0.937. The Morgan fingerprint density at radius 1 is 1.00 bits per heavy atom. The maximum atomic E-state index is 14.2. The average Bonchev–Trinajstić information content (AvgIpc) is 3.64. The normalized spacial score (nSPS) is 18.8. The number of halogens is 3. The fourth-order valence-electron chi connectivity index (χ4n) is 8.34. The van der Waals surface area contributed by atoms with Crippen LogP contribution in [0.15, 0.2) is 40.0 Å². The highest BCUT2D eigenvalue weighted by Crippen LogP contribution is 2.40. The Bertz CT molecular complexity index is 2210. The molecule has 2 fully saturated rings. The molecule has 306 valence electrons. The Balaban J connectivity index is 1.09. The zero-order chi connectivity index (χ0) is 39.9. The molecule has 4 aromatic rings. The Kier molecular flexibility index (Phi) is 12.0. The van der Waals surface area contributed by atoms with Crippen molar-refractivity contribution in [1.82, 2.24) is 38.0 Å². The molecule has 7 rings (SSSR count). The number of sulfonamides is 1. The molecule has 13 nitrogen and oxygen atoms in total. The molecule has 0 bridgehead atoms. The third-order valence-electron chi connectivity index (χ3n) is 11.4. The fourth-order valence-corrected chi connectivity index (χ4v) is 10.2. The molecule has 0 saturated carbocycles. The van der Waals surface area contributed by atoms with Gasteiger partial charge in [0.15, 0.2) is 5.65 Å². The number of aryl methyl sites for hydroxylation is 1. The smallest absolute Gasteiger partial charge is 0.390 e. The molecule has 3 aliphatic rings. The van der Waals surface area contributed by atoms with E-state index in [1.807, 2.05) is 31.1 Å². The van der Waals surface area contributed by atoms with Gasteiger partial charge in [0, 0.05) is 100 Å². The summed E-state index contributed by atoms with van der Waals surface area (Å²) in [7, 11) is 2.04. The van der Waals surface area contributed by atoms with E-state index < -0.39 is 27.9 Å². The van der Waals surface area contributed by atoms with Crippen LogP contribution in [0.25, 0.3) is 22.4 Å². The van der Waals surface area contributed by atoms with E-state index in [1.54, 1.807) is 20.9 Å². The van der Waals surface area contributed by atoms with E-state index in [0.29, 0.717) is 73.7 Å². The Morgan fingerprint density at radius 3 is 2.41 bits per heavy atom. The first-order chi connectivity index (χ1) is 26.6. The second kappa shape index (κ2) is 16.4. The minimum atomic E-state index is -4.53. The number of alkyl halides is 3. The Labute approximate surface area is 330 Å². The van der Waals surface area contributed by atoms with Crippen LogP contribution in [0.2, 0.25) is 0 Å². The van der Waals surface area contributed by atoms with E-state index in [9.17, 15) is 31.5 Å². The molecule has 0 spiro atoms. The van der Waals surface area contributed by atoms with Gasteiger partial charge in [0.25, 0.3) is 0 Å². The van der Waals surface area contributed by atoms with Crippen molar-refractivity contribution in [3.8, 4) is 11.3 Å². The van der Waals surface area contributed by atoms with Gasteiger partial charge in [-0.2, -0.15) is 22.6 Å². The van der Waals surface area contributed by atoms with Gasteiger partial charge in [-0.3, -0.25) is 13.8 Å². The van der Waals surface area contributed by atoms with Crippen molar-refractivity contribution in [2.45, 2.75) is 74.8 Å². The fraction of sp³-hybridized carbons (Fsp3) is 0.605. The first-order valence-electron chi connectivity index (χ1n) is 19.3. The van der Waals surface area contributed by atoms with Crippen molar-refractivity contribution in [1.29, 1.82) is 0 Å². The zero-order valence-electron chi connectivity index (χ0n) is 32.5. The third kappa shape index (κ3) is 8.70. The first-order valence-corrected chi connectivity index (χ1v) is 22.2. The molecule has 0 amide bonds. The van der Waals surface area contributed by atoms with Gasteiger partial charge in [-0.15, -0.1) is 11.8 Å². The molecule has 1 N–H and O–H groups in total.